The number of nitrogens with one attached hydrogen (secondary N) is 2. The van der Waals surface area contributed by atoms with E-state index in [1.54, 1.807) is 14.2 Å². The Labute approximate surface area is 325 Å². The molecule has 5 heterocycles. The summed E-state index contributed by atoms with van der Waals surface area (Å²) in [5, 5.41) is 23.0. The van der Waals surface area contributed by atoms with Crippen LogP contribution in [0.25, 0.3) is 44.4 Å². The molecular formula is C36H40N4Na2O6. The molecule has 12 heteroatoms. The Morgan fingerprint density at radius 2 is 1.02 bits per heavy atom. The number of carbonyl (C=O) groups is 2. The van der Waals surface area contributed by atoms with Gasteiger partial charge in [0.2, 0.25) is 0 Å². The molecule has 0 saturated carbocycles. The molecule has 242 valence electrons. The van der Waals surface area contributed by atoms with Gasteiger partial charge in [-0.1, -0.05) is 0 Å². The van der Waals surface area contributed by atoms with Gasteiger partial charge in [-0.05, 0) is 125 Å². The number of aryl methyl sites for hydroxylation is 2. The second-order valence-corrected chi connectivity index (χ2v) is 12.0. The molecule has 2 aliphatic rings. The Bertz CT molecular complexity index is 1970. The third kappa shape index (κ3) is 7.92. The van der Waals surface area contributed by atoms with E-state index in [2.05, 4.69) is 23.0 Å². The van der Waals surface area contributed by atoms with E-state index in [1.165, 1.54) is 0 Å². The molecule has 2 atom stereocenters. The minimum atomic E-state index is -1.15. The first kappa shape index (κ1) is 39.9. The fourth-order valence-corrected chi connectivity index (χ4v) is 6.51. The van der Waals surface area contributed by atoms with Crippen LogP contribution in [0.1, 0.15) is 111 Å². The number of H-pyrrole nitrogens is 2. The van der Waals surface area contributed by atoms with Crippen LogP contribution in [0.15, 0.2) is 24.3 Å². The predicted molar refractivity (Wildman–Crippen MR) is 175 cm³/mol. The Morgan fingerprint density at radius 1 is 0.646 bits per heavy atom. The first-order chi connectivity index (χ1) is 21.8. The Morgan fingerprint density at radius 3 is 1.42 bits per heavy atom. The molecule has 10 nitrogen and oxygen atoms in total. The van der Waals surface area contributed by atoms with Gasteiger partial charge >= 0.3 is 59.1 Å². The van der Waals surface area contributed by atoms with Crippen LogP contribution < -0.4 is 69.3 Å². The van der Waals surface area contributed by atoms with E-state index in [0.29, 0.717) is 22.8 Å². The molecule has 48 heavy (non-hydrogen) atoms. The number of aromatic nitrogens is 4. The van der Waals surface area contributed by atoms with Crippen molar-refractivity contribution in [2.75, 3.05) is 14.2 Å². The smallest absolute Gasteiger partial charge is 0.550 e. The average molecular weight is 671 g/mol. The van der Waals surface area contributed by atoms with E-state index >= 15 is 0 Å². The summed E-state index contributed by atoms with van der Waals surface area (Å²) < 4.78 is 11.6. The number of carbonyl (C=O) groups excluding carboxylic acids is 2. The number of carboxylic acid groups (broad SMARTS) is 2. The fourth-order valence-electron chi connectivity index (χ4n) is 6.51. The van der Waals surface area contributed by atoms with E-state index in [9.17, 15) is 19.8 Å². The summed E-state index contributed by atoms with van der Waals surface area (Å²) in [5.41, 5.74) is 13.3. The zero-order valence-corrected chi connectivity index (χ0v) is 33.6. The summed E-state index contributed by atoms with van der Waals surface area (Å²) in [6.45, 7) is 12.0. The largest absolute Gasteiger partial charge is 1.00 e. The van der Waals surface area contributed by atoms with Crippen LogP contribution in [-0.2, 0) is 19.1 Å². The first-order valence-electron chi connectivity index (χ1n) is 15.5. The van der Waals surface area contributed by atoms with Crippen LogP contribution in [0.3, 0.4) is 0 Å². The average Bonchev–Trinajstić information content (AvgIpc) is 3.67. The topological polar surface area (TPSA) is 156 Å². The van der Waals surface area contributed by atoms with Crippen molar-refractivity contribution in [1.29, 1.82) is 0 Å². The number of fused-ring (bicyclic) bond motifs is 8. The van der Waals surface area contributed by atoms with Crippen LogP contribution in [0, 0.1) is 13.8 Å². The molecule has 0 amide bonds. The number of hydrogen-bond acceptors (Lipinski definition) is 8. The fraction of sp³-hybridized carbons (Fsp3) is 0.389. The van der Waals surface area contributed by atoms with Crippen LogP contribution in [-0.4, -0.2) is 46.1 Å². The molecule has 2 unspecified atom stereocenters. The summed E-state index contributed by atoms with van der Waals surface area (Å²) in [6, 6.07) is 7.86. The third-order valence-electron chi connectivity index (χ3n) is 9.31. The monoisotopic (exact) mass is 670 g/mol. The summed E-state index contributed by atoms with van der Waals surface area (Å²) >= 11 is 0. The van der Waals surface area contributed by atoms with Crippen LogP contribution in [0.5, 0.6) is 0 Å². The van der Waals surface area contributed by atoms with Crippen molar-refractivity contribution in [3.63, 3.8) is 0 Å². The molecule has 0 aromatic carbocycles. The zero-order chi connectivity index (χ0) is 33.4. The van der Waals surface area contributed by atoms with Gasteiger partial charge in [0, 0.05) is 59.4 Å². The SMILES string of the molecule is COC(C)c1c(C)c2cc3[nH]c(cc4nc(cc5nc(cc1[nH]2)C(C)=C5CCC(=O)[O-])C(CCC(=O)[O-])=C4C)c(C)c3C(C)OC.[Na+].[Na+]. The van der Waals surface area contributed by atoms with E-state index in [-0.39, 0.29) is 97.0 Å². The predicted octanol–water partition coefficient (Wildman–Crippen LogP) is -0.724. The summed E-state index contributed by atoms with van der Waals surface area (Å²) in [6.07, 6.45) is -0.302. The second-order valence-electron chi connectivity index (χ2n) is 12.0. The van der Waals surface area contributed by atoms with Gasteiger partial charge in [0.15, 0.2) is 0 Å². The van der Waals surface area contributed by atoms with Crippen molar-refractivity contribution in [3.05, 3.63) is 69.3 Å². The second kappa shape index (κ2) is 16.4. The molecular weight excluding hydrogens is 630 g/mol. The maximum absolute atomic E-state index is 11.5. The van der Waals surface area contributed by atoms with E-state index in [1.807, 2.05) is 52.8 Å². The quantitative estimate of drug-likeness (QED) is 0.268. The molecule has 3 aromatic heterocycles. The Kier molecular flexibility index (Phi) is 13.7. The minimum absolute atomic E-state index is 0. The van der Waals surface area contributed by atoms with Gasteiger partial charge in [-0.2, -0.15) is 0 Å². The molecule has 0 spiro atoms. The molecule has 0 radical (unpaired) electrons. The number of hydrogen-bond donors (Lipinski definition) is 2. The normalized spacial score (nSPS) is 14.0. The van der Waals surface area contributed by atoms with Crippen molar-refractivity contribution >= 4 is 56.3 Å². The summed E-state index contributed by atoms with van der Waals surface area (Å²) in [4.78, 5) is 40.2. The van der Waals surface area contributed by atoms with Crippen LogP contribution in [0.2, 0.25) is 0 Å². The number of rotatable bonds is 10. The third-order valence-corrected chi connectivity index (χ3v) is 9.31. The van der Waals surface area contributed by atoms with Crippen LogP contribution >= 0.6 is 0 Å². The van der Waals surface area contributed by atoms with Crippen molar-refractivity contribution in [2.24, 2.45) is 0 Å². The molecule has 0 saturated heterocycles. The molecule has 2 aliphatic heterocycles. The molecule has 0 aliphatic carbocycles. The molecule has 3 aromatic rings. The van der Waals surface area contributed by atoms with E-state index in [0.717, 1.165) is 66.6 Å². The number of aromatic amines is 2. The van der Waals surface area contributed by atoms with Crippen LogP contribution in [0.4, 0.5) is 0 Å². The number of carboxylic acids is 2. The number of ether oxygens (including phenoxy) is 2. The van der Waals surface area contributed by atoms with Gasteiger partial charge in [-0.15, -0.1) is 0 Å². The van der Waals surface area contributed by atoms with Gasteiger partial charge in [0.1, 0.15) is 0 Å². The first-order valence-corrected chi connectivity index (χ1v) is 15.5. The number of methoxy groups -OCH3 is 2. The van der Waals surface area contributed by atoms with Gasteiger partial charge in [-0.3, -0.25) is 0 Å². The number of allylic oxidation sites excluding steroid dienone is 4. The molecule has 8 bridgehead atoms. The van der Waals surface area contributed by atoms with Crippen molar-refractivity contribution in [2.45, 2.75) is 79.4 Å². The summed E-state index contributed by atoms with van der Waals surface area (Å²) in [7, 11) is 3.36. The Hall–Kier alpha value is -2.54. The standard InChI is InChI=1S/C36H42N4O6.2Na/c1-17-23(9-11-33(41)42)29-16-30-24(10-12-34(43)44)18(2)26(38-30)14-31-36(22(6)46-8)20(4)28(40-31)15-32-35(21(5)45-7)19(3)27(39-32)13-25(17)37-29;;/h13-16,21-22,39-40H,9-12H2,1-8H3,(H,41,42)(H,43,44);;/q;2*+1/p-2. The van der Waals surface area contributed by atoms with Gasteiger partial charge in [-0.25, -0.2) is 9.97 Å². The van der Waals surface area contributed by atoms with Gasteiger partial charge in [0.05, 0.1) is 35.0 Å². The Balaban J connectivity index is 0.00000312. The zero-order valence-electron chi connectivity index (χ0n) is 29.6. The van der Waals surface area contributed by atoms with E-state index in [4.69, 9.17) is 19.4 Å². The summed E-state index contributed by atoms with van der Waals surface area (Å²) in [5.74, 6) is -2.30. The van der Waals surface area contributed by atoms with Crippen molar-refractivity contribution < 1.29 is 88.4 Å². The van der Waals surface area contributed by atoms with Gasteiger partial charge < -0.3 is 39.2 Å². The molecule has 5 rings (SSSR count). The number of nitrogens with zero attached hydrogens (tertiary/aromatic N) is 2. The number of aliphatic carboxylic acids is 2. The van der Waals surface area contributed by atoms with E-state index < -0.39 is 11.9 Å². The molecule has 0 fully saturated rings. The molecule has 2 N–H and O–H groups in total. The van der Waals surface area contributed by atoms with Crippen molar-refractivity contribution in [3.8, 4) is 0 Å². The maximum Gasteiger partial charge on any atom is 1.00 e. The minimum Gasteiger partial charge on any atom is -0.550 e. The maximum atomic E-state index is 11.5. The van der Waals surface area contributed by atoms with Gasteiger partial charge in [0.25, 0.3) is 0 Å². The van der Waals surface area contributed by atoms with Crippen molar-refractivity contribution in [1.82, 2.24) is 19.9 Å².